The summed E-state index contributed by atoms with van der Waals surface area (Å²) >= 11 is 0.978. The lowest BCUT2D eigenvalue weighted by Gasteiger charge is -2.10. The molecule has 0 bridgehead atoms. The lowest BCUT2D eigenvalue weighted by atomic mass is 10.4. The number of carbonyl (C=O) groups excluding carboxylic acids is 2. The van der Waals surface area contributed by atoms with Crippen molar-refractivity contribution >= 4 is 35.1 Å². The Morgan fingerprint density at radius 1 is 1.52 bits per heavy atom. The second-order valence-corrected chi connectivity index (χ2v) is 5.68. The first-order valence-corrected chi connectivity index (χ1v) is 7.29. The molecule has 2 aromatic rings. The molecule has 0 aromatic carbocycles. The lowest BCUT2D eigenvalue weighted by Crippen LogP contribution is -2.23. The van der Waals surface area contributed by atoms with Gasteiger partial charge >= 0.3 is 5.97 Å². The number of anilines is 2. The Labute approximate surface area is 134 Å². The van der Waals surface area contributed by atoms with E-state index in [1.165, 1.54) is 25.5 Å². The fraction of sp³-hybridized carbons (Fsp3) is 0.231. The Bertz CT molecular complexity index is 771. The predicted molar refractivity (Wildman–Crippen MR) is 83.3 cm³/mol. The van der Waals surface area contributed by atoms with Gasteiger partial charge in [0.05, 0.1) is 13.4 Å². The Kier molecular flexibility index (Phi) is 5.06. The average Bonchev–Trinajstić information content (AvgIpc) is 3.04. The fourth-order valence-corrected chi connectivity index (χ4v) is 2.44. The number of nitrogen functional groups attached to an aromatic ring is 1. The van der Waals surface area contributed by atoms with E-state index in [1.807, 2.05) is 0 Å². The molecule has 0 aliphatic heterocycles. The van der Waals surface area contributed by atoms with E-state index >= 15 is 0 Å². The third kappa shape index (κ3) is 3.92. The predicted octanol–water partition coefficient (Wildman–Crippen LogP) is 0.851. The van der Waals surface area contributed by atoms with Crippen LogP contribution in [-0.4, -0.2) is 34.2 Å². The number of rotatable bonds is 5. The summed E-state index contributed by atoms with van der Waals surface area (Å²) in [4.78, 5) is 41.7. The number of esters is 1. The third-order valence-electron chi connectivity index (χ3n) is 2.73. The molecule has 0 aliphatic carbocycles. The van der Waals surface area contributed by atoms with Crippen LogP contribution in [-0.2, 0) is 9.53 Å². The Balaban J connectivity index is 2.19. The molecule has 0 aliphatic rings. The summed E-state index contributed by atoms with van der Waals surface area (Å²) in [5.74, 6) is -1.24. The third-order valence-corrected chi connectivity index (χ3v) is 3.69. The largest absolute Gasteiger partial charge is 0.468 e. The summed E-state index contributed by atoms with van der Waals surface area (Å²) < 4.78 is 9.51. The van der Waals surface area contributed by atoms with Gasteiger partial charge in [0.25, 0.3) is 11.5 Å². The highest BCUT2D eigenvalue weighted by Crippen LogP contribution is 2.22. The van der Waals surface area contributed by atoms with Crippen molar-refractivity contribution in [1.29, 1.82) is 0 Å². The minimum atomic E-state index is -0.642. The van der Waals surface area contributed by atoms with E-state index in [4.69, 9.17) is 10.2 Å². The van der Waals surface area contributed by atoms with Crippen LogP contribution in [0.2, 0.25) is 0 Å². The number of thioether (sulfide) groups is 1. The van der Waals surface area contributed by atoms with Crippen molar-refractivity contribution in [3.05, 3.63) is 34.5 Å². The quantitative estimate of drug-likeness (QED) is 0.414. The molecule has 1 atom stereocenters. The maximum absolute atomic E-state index is 12.0. The number of ether oxygens (including phenoxy) is 1. The zero-order valence-electron chi connectivity index (χ0n) is 12.3. The number of methoxy groups -OCH3 is 1. The van der Waals surface area contributed by atoms with Gasteiger partial charge in [-0.15, -0.1) is 0 Å². The van der Waals surface area contributed by atoms with E-state index in [0.717, 1.165) is 11.8 Å². The summed E-state index contributed by atoms with van der Waals surface area (Å²) in [5.41, 5.74) is 4.87. The number of hydrogen-bond acceptors (Lipinski definition) is 8. The van der Waals surface area contributed by atoms with Crippen molar-refractivity contribution in [3.8, 4) is 0 Å². The maximum atomic E-state index is 12.0. The summed E-state index contributed by atoms with van der Waals surface area (Å²) in [6.45, 7) is 1.60. The van der Waals surface area contributed by atoms with Gasteiger partial charge < -0.3 is 20.2 Å². The fourth-order valence-electron chi connectivity index (χ4n) is 1.61. The number of furan rings is 1. The first-order chi connectivity index (χ1) is 10.9. The second-order valence-electron chi connectivity index (χ2n) is 4.35. The van der Waals surface area contributed by atoms with Crippen molar-refractivity contribution in [2.45, 2.75) is 17.3 Å². The van der Waals surface area contributed by atoms with Crippen LogP contribution in [0.4, 0.5) is 11.5 Å². The van der Waals surface area contributed by atoms with Gasteiger partial charge in [0.2, 0.25) is 0 Å². The molecule has 0 unspecified atom stereocenters. The molecule has 0 fully saturated rings. The van der Waals surface area contributed by atoms with E-state index in [9.17, 15) is 14.4 Å². The molecule has 1 amide bonds. The van der Waals surface area contributed by atoms with Crippen LogP contribution in [0.3, 0.4) is 0 Å². The van der Waals surface area contributed by atoms with Gasteiger partial charge in [-0.2, -0.15) is 0 Å². The van der Waals surface area contributed by atoms with Crippen molar-refractivity contribution in [1.82, 2.24) is 9.97 Å². The lowest BCUT2D eigenvalue weighted by molar-refractivity contribution is -0.139. The van der Waals surface area contributed by atoms with E-state index in [2.05, 4.69) is 20.0 Å². The molecule has 2 rings (SSSR count). The van der Waals surface area contributed by atoms with Gasteiger partial charge in [0.15, 0.2) is 22.4 Å². The van der Waals surface area contributed by atoms with Crippen LogP contribution >= 0.6 is 11.8 Å². The number of amides is 1. The van der Waals surface area contributed by atoms with Crippen molar-refractivity contribution in [2.75, 3.05) is 18.2 Å². The second kappa shape index (κ2) is 7.01. The van der Waals surface area contributed by atoms with Crippen LogP contribution in [0, 0.1) is 0 Å². The van der Waals surface area contributed by atoms with E-state index in [-0.39, 0.29) is 22.4 Å². The number of hydrogen-bond donors (Lipinski definition) is 3. The Morgan fingerprint density at radius 2 is 2.26 bits per heavy atom. The van der Waals surface area contributed by atoms with Gasteiger partial charge in [-0.25, -0.2) is 4.98 Å². The summed E-state index contributed by atoms with van der Waals surface area (Å²) in [6, 6.07) is 2.98. The molecular weight excluding hydrogens is 324 g/mol. The molecular formula is C13H14N4O5S. The number of carbonyl (C=O) groups is 2. The molecule has 9 nitrogen and oxygen atoms in total. The highest BCUT2D eigenvalue weighted by Gasteiger charge is 2.19. The monoisotopic (exact) mass is 338 g/mol. The topological polar surface area (TPSA) is 140 Å². The Morgan fingerprint density at radius 3 is 2.83 bits per heavy atom. The minimum absolute atomic E-state index is 0.0292. The first-order valence-electron chi connectivity index (χ1n) is 6.41. The number of aromatic nitrogens is 2. The molecule has 2 aromatic heterocycles. The molecule has 0 radical (unpaired) electrons. The number of aromatic amines is 1. The van der Waals surface area contributed by atoms with E-state index in [0.29, 0.717) is 0 Å². The van der Waals surface area contributed by atoms with Crippen LogP contribution < -0.4 is 16.6 Å². The standard InChI is InChI=1S/C13H14N4O5S/c1-6(12(20)21-2)23-13-16-9(14)8(11(19)17-13)15-10(18)7-4-3-5-22-7/h3-6H,1-2H3,(H,15,18)(H3,14,16,17,19)/t6-/m1/s1. The maximum Gasteiger partial charge on any atom is 0.318 e. The number of nitrogens with two attached hydrogens (primary N) is 1. The minimum Gasteiger partial charge on any atom is -0.468 e. The van der Waals surface area contributed by atoms with Crippen LogP contribution in [0.15, 0.2) is 32.8 Å². The number of H-pyrrole nitrogens is 1. The smallest absolute Gasteiger partial charge is 0.318 e. The van der Waals surface area contributed by atoms with Gasteiger partial charge in [0.1, 0.15) is 5.25 Å². The van der Waals surface area contributed by atoms with Crippen LogP contribution in [0.25, 0.3) is 0 Å². The van der Waals surface area contributed by atoms with Crippen molar-refractivity contribution in [2.24, 2.45) is 0 Å². The molecule has 2 heterocycles. The summed E-state index contributed by atoms with van der Waals surface area (Å²) in [5, 5.41) is 1.89. The van der Waals surface area contributed by atoms with E-state index in [1.54, 1.807) is 6.92 Å². The molecule has 4 N–H and O–H groups in total. The van der Waals surface area contributed by atoms with E-state index < -0.39 is 22.7 Å². The van der Waals surface area contributed by atoms with Gasteiger partial charge in [0, 0.05) is 0 Å². The van der Waals surface area contributed by atoms with Crippen molar-refractivity contribution < 1.29 is 18.7 Å². The first kappa shape index (κ1) is 16.6. The van der Waals surface area contributed by atoms with Crippen LogP contribution in [0.1, 0.15) is 17.5 Å². The summed E-state index contributed by atoms with van der Waals surface area (Å²) in [7, 11) is 1.26. The van der Waals surface area contributed by atoms with Gasteiger partial charge in [-0.3, -0.25) is 19.4 Å². The number of nitrogens with one attached hydrogen (secondary N) is 2. The average molecular weight is 338 g/mol. The SMILES string of the molecule is COC(=O)[C@@H](C)Sc1nc(N)c(NC(=O)c2ccco2)c(=O)[nH]1. The number of nitrogens with zero attached hydrogens (tertiary/aromatic N) is 1. The normalized spacial score (nSPS) is 11.7. The van der Waals surface area contributed by atoms with Gasteiger partial charge in [-0.05, 0) is 19.1 Å². The molecule has 0 saturated carbocycles. The van der Waals surface area contributed by atoms with Crippen LogP contribution in [0.5, 0.6) is 0 Å². The molecule has 23 heavy (non-hydrogen) atoms. The summed E-state index contributed by atoms with van der Waals surface area (Å²) in [6.07, 6.45) is 1.33. The molecule has 122 valence electrons. The Hall–Kier alpha value is -2.75. The van der Waals surface area contributed by atoms with Crippen molar-refractivity contribution in [3.63, 3.8) is 0 Å². The molecule has 0 spiro atoms. The molecule has 0 saturated heterocycles. The highest BCUT2D eigenvalue weighted by atomic mass is 32.2. The highest BCUT2D eigenvalue weighted by molar-refractivity contribution is 8.00. The molecule has 10 heteroatoms. The zero-order valence-corrected chi connectivity index (χ0v) is 13.1. The van der Waals surface area contributed by atoms with Gasteiger partial charge in [-0.1, -0.05) is 11.8 Å². The zero-order chi connectivity index (χ0) is 17.0.